The van der Waals surface area contributed by atoms with Crippen LogP contribution in [0.5, 0.6) is 0 Å². The van der Waals surface area contributed by atoms with Gasteiger partial charge in [-0.2, -0.15) is 0 Å². The van der Waals surface area contributed by atoms with Crippen LogP contribution in [0.25, 0.3) is 0 Å². The zero-order valence-corrected chi connectivity index (χ0v) is 7.58. The molecule has 1 rings (SSSR count). The SMILES string of the molecule is CCC(=O)OCC1CC=CCC1. The van der Waals surface area contributed by atoms with Crippen molar-refractivity contribution in [3.8, 4) is 0 Å². The molecular formula is C10H16O2. The number of carbonyl (C=O) groups excluding carboxylic acids is 1. The van der Waals surface area contributed by atoms with Crippen LogP contribution in [-0.4, -0.2) is 12.6 Å². The first-order valence-electron chi connectivity index (χ1n) is 4.63. The van der Waals surface area contributed by atoms with Crippen LogP contribution in [-0.2, 0) is 9.53 Å². The van der Waals surface area contributed by atoms with Gasteiger partial charge in [0.25, 0.3) is 0 Å². The number of hydrogen-bond acceptors (Lipinski definition) is 2. The van der Waals surface area contributed by atoms with Gasteiger partial charge in [0, 0.05) is 6.42 Å². The molecule has 0 saturated heterocycles. The molecule has 0 fully saturated rings. The minimum atomic E-state index is -0.0791. The van der Waals surface area contributed by atoms with Crippen molar-refractivity contribution in [3.63, 3.8) is 0 Å². The van der Waals surface area contributed by atoms with Crippen molar-refractivity contribution in [2.45, 2.75) is 32.6 Å². The maximum atomic E-state index is 10.8. The average Bonchev–Trinajstić information content (AvgIpc) is 2.16. The zero-order valence-electron chi connectivity index (χ0n) is 7.58. The monoisotopic (exact) mass is 168 g/mol. The highest BCUT2D eigenvalue weighted by atomic mass is 16.5. The molecule has 0 aromatic heterocycles. The summed E-state index contributed by atoms with van der Waals surface area (Å²) in [5.74, 6) is 0.482. The highest BCUT2D eigenvalue weighted by Gasteiger charge is 2.11. The second-order valence-electron chi connectivity index (χ2n) is 3.19. The predicted octanol–water partition coefficient (Wildman–Crippen LogP) is 2.30. The van der Waals surface area contributed by atoms with Gasteiger partial charge in [-0.1, -0.05) is 19.1 Å². The van der Waals surface area contributed by atoms with E-state index in [1.54, 1.807) is 0 Å². The van der Waals surface area contributed by atoms with Gasteiger partial charge in [0.2, 0.25) is 0 Å². The lowest BCUT2D eigenvalue weighted by Crippen LogP contribution is -2.14. The molecule has 0 bridgehead atoms. The average molecular weight is 168 g/mol. The van der Waals surface area contributed by atoms with Crippen LogP contribution in [0, 0.1) is 5.92 Å². The van der Waals surface area contributed by atoms with E-state index in [9.17, 15) is 4.79 Å². The van der Waals surface area contributed by atoms with Gasteiger partial charge >= 0.3 is 5.97 Å². The molecule has 0 heterocycles. The van der Waals surface area contributed by atoms with Crippen LogP contribution in [0.1, 0.15) is 32.6 Å². The summed E-state index contributed by atoms with van der Waals surface area (Å²) >= 11 is 0. The maximum Gasteiger partial charge on any atom is 0.305 e. The summed E-state index contributed by atoms with van der Waals surface area (Å²) in [6, 6.07) is 0. The molecule has 12 heavy (non-hydrogen) atoms. The summed E-state index contributed by atoms with van der Waals surface area (Å²) in [6.07, 6.45) is 8.22. The second kappa shape index (κ2) is 4.96. The summed E-state index contributed by atoms with van der Waals surface area (Å²) in [6.45, 7) is 2.43. The highest BCUT2D eigenvalue weighted by molar-refractivity contribution is 5.68. The molecule has 1 unspecified atom stereocenters. The normalized spacial score (nSPS) is 22.2. The summed E-state index contributed by atoms with van der Waals surface area (Å²) in [5, 5.41) is 0. The molecule has 0 aromatic rings. The minimum Gasteiger partial charge on any atom is -0.465 e. The molecular weight excluding hydrogens is 152 g/mol. The van der Waals surface area contributed by atoms with Crippen molar-refractivity contribution >= 4 is 5.97 Å². The Balaban J connectivity index is 2.14. The number of rotatable bonds is 3. The van der Waals surface area contributed by atoms with Gasteiger partial charge < -0.3 is 4.74 Å². The first-order valence-corrected chi connectivity index (χ1v) is 4.63. The standard InChI is InChI=1S/C10H16O2/c1-2-10(11)12-8-9-6-4-3-5-7-9/h3-4,9H,2,5-8H2,1H3. The summed E-state index contributed by atoms with van der Waals surface area (Å²) in [4.78, 5) is 10.8. The Labute approximate surface area is 73.6 Å². The molecule has 0 saturated carbocycles. The Morgan fingerprint density at radius 2 is 2.42 bits per heavy atom. The van der Waals surface area contributed by atoms with Crippen molar-refractivity contribution in [1.82, 2.24) is 0 Å². The van der Waals surface area contributed by atoms with E-state index < -0.39 is 0 Å². The van der Waals surface area contributed by atoms with E-state index in [1.165, 1.54) is 0 Å². The number of hydrogen-bond donors (Lipinski definition) is 0. The molecule has 0 aliphatic heterocycles. The fourth-order valence-corrected chi connectivity index (χ4v) is 1.32. The fourth-order valence-electron chi connectivity index (χ4n) is 1.32. The quantitative estimate of drug-likeness (QED) is 0.477. The molecule has 0 radical (unpaired) electrons. The Kier molecular flexibility index (Phi) is 3.85. The lowest BCUT2D eigenvalue weighted by atomic mass is 9.95. The Morgan fingerprint density at radius 3 is 3.00 bits per heavy atom. The first kappa shape index (κ1) is 9.30. The summed E-state index contributed by atoms with van der Waals surface area (Å²) in [7, 11) is 0. The van der Waals surface area contributed by atoms with Gasteiger partial charge in [-0.05, 0) is 25.2 Å². The van der Waals surface area contributed by atoms with Crippen molar-refractivity contribution in [1.29, 1.82) is 0 Å². The van der Waals surface area contributed by atoms with Crippen molar-refractivity contribution in [2.24, 2.45) is 5.92 Å². The molecule has 0 spiro atoms. The van der Waals surface area contributed by atoms with E-state index in [2.05, 4.69) is 12.2 Å². The highest BCUT2D eigenvalue weighted by Crippen LogP contribution is 2.18. The zero-order chi connectivity index (χ0) is 8.81. The number of allylic oxidation sites excluding steroid dienone is 2. The topological polar surface area (TPSA) is 26.3 Å². The van der Waals surface area contributed by atoms with Crippen LogP contribution in [0.2, 0.25) is 0 Å². The lowest BCUT2D eigenvalue weighted by molar-refractivity contribution is -0.144. The molecule has 1 atom stereocenters. The largest absolute Gasteiger partial charge is 0.465 e. The van der Waals surface area contributed by atoms with E-state index in [4.69, 9.17) is 4.74 Å². The smallest absolute Gasteiger partial charge is 0.305 e. The van der Waals surface area contributed by atoms with Gasteiger partial charge in [-0.15, -0.1) is 0 Å². The number of carbonyl (C=O) groups is 1. The Hall–Kier alpha value is -0.790. The number of ether oxygens (including phenoxy) is 1. The van der Waals surface area contributed by atoms with Gasteiger partial charge in [-0.3, -0.25) is 4.79 Å². The third kappa shape index (κ3) is 3.07. The van der Waals surface area contributed by atoms with E-state index >= 15 is 0 Å². The van der Waals surface area contributed by atoms with Crippen LogP contribution in [0.15, 0.2) is 12.2 Å². The predicted molar refractivity (Wildman–Crippen MR) is 47.7 cm³/mol. The molecule has 1 aliphatic rings. The second-order valence-corrected chi connectivity index (χ2v) is 3.19. The van der Waals surface area contributed by atoms with Gasteiger partial charge in [0.15, 0.2) is 0 Å². The van der Waals surface area contributed by atoms with Crippen LogP contribution >= 0.6 is 0 Å². The molecule has 0 N–H and O–H groups in total. The molecule has 1 aliphatic carbocycles. The van der Waals surface area contributed by atoms with Crippen molar-refractivity contribution < 1.29 is 9.53 Å². The van der Waals surface area contributed by atoms with E-state index in [0.717, 1.165) is 19.3 Å². The minimum absolute atomic E-state index is 0.0791. The van der Waals surface area contributed by atoms with E-state index in [-0.39, 0.29) is 5.97 Å². The third-order valence-corrected chi connectivity index (χ3v) is 2.15. The first-order chi connectivity index (χ1) is 5.83. The van der Waals surface area contributed by atoms with Gasteiger partial charge in [0.05, 0.1) is 6.61 Å². The maximum absolute atomic E-state index is 10.8. The molecule has 2 nitrogen and oxygen atoms in total. The van der Waals surface area contributed by atoms with Gasteiger partial charge in [-0.25, -0.2) is 0 Å². The molecule has 0 amide bonds. The summed E-state index contributed by atoms with van der Waals surface area (Å²) in [5.41, 5.74) is 0. The van der Waals surface area contributed by atoms with Crippen molar-refractivity contribution in [3.05, 3.63) is 12.2 Å². The van der Waals surface area contributed by atoms with Crippen LogP contribution < -0.4 is 0 Å². The van der Waals surface area contributed by atoms with Crippen LogP contribution in [0.4, 0.5) is 0 Å². The third-order valence-electron chi connectivity index (χ3n) is 2.15. The molecule has 0 aromatic carbocycles. The lowest BCUT2D eigenvalue weighted by Gasteiger charge is -2.16. The van der Waals surface area contributed by atoms with E-state index in [0.29, 0.717) is 18.9 Å². The Morgan fingerprint density at radius 1 is 1.58 bits per heavy atom. The van der Waals surface area contributed by atoms with E-state index in [1.807, 2.05) is 6.92 Å². The fraction of sp³-hybridized carbons (Fsp3) is 0.700. The number of esters is 1. The molecule has 68 valence electrons. The van der Waals surface area contributed by atoms with Crippen molar-refractivity contribution in [2.75, 3.05) is 6.61 Å². The summed E-state index contributed by atoms with van der Waals surface area (Å²) < 4.78 is 5.06. The van der Waals surface area contributed by atoms with Crippen LogP contribution in [0.3, 0.4) is 0 Å². The Bertz CT molecular complexity index is 173. The van der Waals surface area contributed by atoms with Gasteiger partial charge in [0.1, 0.15) is 0 Å². The molecule has 2 heteroatoms.